The summed E-state index contributed by atoms with van der Waals surface area (Å²) in [5.74, 6) is 0.388. The monoisotopic (exact) mass is 422 g/mol. The third-order valence-corrected chi connectivity index (χ3v) is 4.87. The van der Waals surface area contributed by atoms with Crippen LogP contribution in [0, 0.1) is 0 Å². The van der Waals surface area contributed by atoms with Gasteiger partial charge in [0.05, 0.1) is 11.3 Å². The Morgan fingerprint density at radius 1 is 1.00 bits per heavy atom. The molecule has 0 bridgehead atoms. The minimum atomic E-state index is -4.50. The molecular formula is C23H17F3N4O. The first kappa shape index (κ1) is 20.5. The Morgan fingerprint density at radius 3 is 2.52 bits per heavy atom. The van der Waals surface area contributed by atoms with Crippen molar-refractivity contribution in [3.8, 4) is 0 Å². The van der Waals surface area contributed by atoms with Crippen molar-refractivity contribution in [2.24, 2.45) is 0 Å². The number of ketones is 1. The van der Waals surface area contributed by atoms with Crippen molar-refractivity contribution in [1.29, 1.82) is 0 Å². The number of benzene rings is 2. The van der Waals surface area contributed by atoms with Crippen LogP contribution >= 0.6 is 0 Å². The maximum atomic E-state index is 13.4. The summed E-state index contributed by atoms with van der Waals surface area (Å²) in [5.41, 5.74) is 0.931. The average molecular weight is 422 g/mol. The van der Waals surface area contributed by atoms with Gasteiger partial charge < -0.3 is 5.32 Å². The van der Waals surface area contributed by atoms with Gasteiger partial charge in [0.1, 0.15) is 0 Å². The minimum absolute atomic E-state index is 0.0367. The highest BCUT2D eigenvalue weighted by Gasteiger charge is 2.33. The average Bonchev–Trinajstić information content (AvgIpc) is 2.75. The van der Waals surface area contributed by atoms with E-state index >= 15 is 0 Å². The maximum Gasteiger partial charge on any atom is 0.418 e. The van der Waals surface area contributed by atoms with Gasteiger partial charge in [-0.05, 0) is 30.7 Å². The molecule has 0 unspecified atom stereocenters. The number of hydrogen-bond donors (Lipinski definition) is 1. The molecule has 0 amide bonds. The molecule has 4 aromatic rings. The zero-order valence-corrected chi connectivity index (χ0v) is 16.4. The quantitative estimate of drug-likeness (QED) is 0.425. The second-order valence-corrected chi connectivity index (χ2v) is 7.01. The second kappa shape index (κ2) is 8.14. The molecule has 0 aliphatic heterocycles. The van der Waals surface area contributed by atoms with Crippen LogP contribution in [0.15, 0.2) is 67.0 Å². The van der Waals surface area contributed by atoms with E-state index in [1.807, 2.05) is 12.1 Å². The van der Waals surface area contributed by atoms with Gasteiger partial charge >= 0.3 is 6.18 Å². The number of alkyl halides is 3. The number of rotatable bonds is 5. The Hall–Kier alpha value is -3.81. The molecule has 0 fully saturated rings. The SMILES string of the molecule is CC(=O)c1cccc(Nc2nnc(Cc3ccncc3C(F)(F)F)c3ccccc23)c1. The van der Waals surface area contributed by atoms with E-state index < -0.39 is 11.7 Å². The van der Waals surface area contributed by atoms with Crippen LogP contribution in [0.4, 0.5) is 24.7 Å². The zero-order chi connectivity index (χ0) is 22.0. The summed E-state index contributed by atoms with van der Waals surface area (Å²) in [6.07, 6.45) is -2.39. The first-order chi connectivity index (χ1) is 14.8. The lowest BCUT2D eigenvalue weighted by Crippen LogP contribution is -2.11. The van der Waals surface area contributed by atoms with Crippen LogP contribution in [-0.4, -0.2) is 21.0 Å². The maximum absolute atomic E-state index is 13.4. The lowest BCUT2D eigenvalue weighted by molar-refractivity contribution is -0.138. The van der Waals surface area contributed by atoms with E-state index in [4.69, 9.17) is 0 Å². The normalized spacial score (nSPS) is 11.5. The van der Waals surface area contributed by atoms with Crippen molar-refractivity contribution in [2.45, 2.75) is 19.5 Å². The van der Waals surface area contributed by atoms with Crippen molar-refractivity contribution >= 4 is 28.1 Å². The van der Waals surface area contributed by atoms with Crippen LogP contribution in [0.1, 0.15) is 34.1 Å². The van der Waals surface area contributed by atoms with Crippen LogP contribution in [0.3, 0.4) is 0 Å². The number of anilines is 2. The molecule has 4 rings (SSSR count). The van der Waals surface area contributed by atoms with E-state index in [1.54, 1.807) is 36.4 Å². The van der Waals surface area contributed by atoms with Crippen LogP contribution in [0.2, 0.25) is 0 Å². The zero-order valence-electron chi connectivity index (χ0n) is 16.4. The van der Waals surface area contributed by atoms with Crippen LogP contribution in [0.25, 0.3) is 10.8 Å². The summed E-state index contributed by atoms with van der Waals surface area (Å²) >= 11 is 0. The van der Waals surface area contributed by atoms with Gasteiger partial charge in [0, 0.05) is 40.8 Å². The fourth-order valence-electron chi connectivity index (χ4n) is 3.35. The predicted octanol–water partition coefficient (Wildman–Crippen LogP) is 5.58. The summed E-state index contributed by atoms with van der Waals surface area (Å²) in [7, 11) is 0. The smallest absolute Gasteiger partial charge is 0.338 e. The Kier molecular flexibility index (Phi) is 5.37. The molecule has 31 heavy (non-hydrogen) atoms. The Labute approximate surface area is 176 Å². The highest BCUT2D eigenvalue weighted by molar-refractivity contribution is 5.97. The lowest BCUT2D eigenvalue weighted by Gasteiger charge is -2.14. The molecule has 2 aromatic heterocycles. The van der Waals surface area contributed by atoms with Crippen molar-refractivity contribution in [3.05, 3.63) is 89.4 Å². The van der Waals surface area contributed by atoms with Crippen molar-refractivity contribution in [1.82, 2.24) is 15.2 Å². The summed E-state index contributed by atoms with van der Waals surface area (Å²) in [4.78, 5) is 15.2. The molecule has 0 saturated heterocycles. The molecule has 0 spiro atoms. The summed E-state index contributed by atoms with van der Waals surface area (Å²) in [6, 6.07) is 15.6. The van der Waals surface area contributed by atoms with E-state index in [0.717, 1.165) is 6.20 Å². The first-order valence-corrected chi connectivity index (χ1v) is 9.45. The van der Waals surface area contributed by atoms with E-state index in [2.05, 4.69) is 20.5 Å². The number of nitrogens with one attached hydrogen (secondary N) is 1. The number of fused-ring (bicyclic) bond motifs is 1. The molecule has 1 N–H and O–H groups in total. The lowest BCUT2D eigenvalue weighted by atomic mass is 10.0. The molecule has 0 saturated carbocycles. The highest BCUT2D eigenvalue weighted by Crippen LogP contribution is 2.33. The number of hydrogen-bond acceptors (Lipinski definition) is 5. The molecule has 0 atom stereocenters. The van der Waals surface area contributed by atoms with Gasteiger partial charge in [-0.3, -0.25) is 9.78 Å². The highest BCUT2D eigenvalue weighted by atomic mass is 19.4. The van der Waals surface area contributed by atoms with E-state index in [9.17, 15) is 18.0 Å². The summed E-state index contributed by atoms with van der Waals surface area (Å²) in [6.45, 7) is 1.48. The molecule has 0 radical (unpaired) electrons. The third-order valence-electron chi connectivity index (χ3n) is 4.87. The molecule has 2 aromatic carbocycles. The van der Waals surface area contributed by atoms with Crippen LogP contribution < -0.4 is 5.32 Å². The third kappa shape index (κ3) is 4.37. The molecule has 5 nitrogen and oxygen atoms in total. The summed E-state index contributed by atoms with van der Waals surface area (Å²) in [5, 5.41) is 13.0. The van der Waals surface area contributed by atoms with Crippen molar-refractivity contribution in [2.75, 3.05) is 5.32 Å². The van der Waals surface area contributed by atoms with Gasteiger partial charge in [-0.15, -0.1) is 5.10 Å². The number of nitrogens with zero attached hydrogens (tertiary/aromatic N) is 3. The van der Waals surface area contributed by atoms with Gasteiger partial charge in [-0.25, -0.2) is 0 Å². The largest absolute Gasteiger partial charge is 0.418 e. The fraction of sp³-hybridized carbons (Fsp3) is 0.130. The Balaban J connectivity index is 1.73. The van der Waals surface area contributed by atoms with Crippen molar-refractivity contribution < 1.29 is 18.0 Å². The molecule has 8 heteroatoms. The Bertz CT molecular complexity index is 1270. The molecule has 0 aliphatic carbocycles. The first-order valence-electron chi connectivity index (χ1n) is 9.45. The number of pyridine rings is 1. The fourth-order valence-corrected chi connectivity index (χ4v) is 3.35. The summed E-state index contributed by atoms with van der Waals surface area (Å²) < 4.78 is 40.1. The van der Waals surface area contributed by atoms with Gasteiger partial charge in [-0.2, -0.15) is 18.3 Å². The van der Waals surface area contributed by atoms with Gasteiger partial charge in [0.2, 0.25) is 0 Å². The second-order valence-electron chi connectivity index (χ2n) is 7.01. The molecule has 2 heterocycles. The topological polar surface area (TPSA) is 67.8 Å². The minimum Gasteiger partial charge on any atom is -0.338 e. The molecule has 0 aliphatic rings. The number of halogens is 3. The predicted molar refractivity (Wildman–Crippen MR) is 111 cm³/mol. The van der Waals surface area contributed by atoms with E-state index in [-0.39, 0.29) is 17.8 Å². The van der Waals surface area contributed by atoms with Crippen LogP contribution in [-0.2, 0) is 12.6 Å². The van der Waals surface area contributed by atoms with Crippen LogP contribution in [0.5, 0.6) is 0 Å². The number of Topliss-reactive ketones (excluding diaryl/α,β-unsaturated/α-hetero) is 1. The number of carbonyl (C=O) groups is 1. The number of aromatic nitrogens is 3. The van der Waals surface area contributed by atoms with Gasteiger partial charge in [0.15, 0.2) is 11.6 Å². The van der Waals surface area contributed by atoms with Gasteiger partial charge in [-0.1, -0.05) is 36.4 Å². The van der Waals surface area contributed by atoms with Gasteiger partial charge in [0.25, 0.3) is 0 Å². The molecule has 156 valence electrons. The number of carbonyl (C=O) groups excluding carboxylic acids is 1. The standard InChI is InChI=1S/C23H17F3N4O/c1-14(31)15-5-4-6-17(11-15)28-22-19-8-3-2-7-18(19)21(29-30-22)12-16-9-10-27-13-20(16)23(24,25)26/h2-11,13H,12H2,1H3,(H,28,30). The van der Waals surface area contributed by atoms with Crippen molar-refractivity contribution in [3.63, 3.8) is 0 Å². The van der Waals surface area contributed by atoms with E-state index in [1.165, 1.54) is 19.2 Å². The molecular weight excluding hydrogens is 405 g/mol. The van der Waals surface area contributed by atoms with E-state index in [0.29, 0.717) is 33.5 Å². The Morgan fingerprint density at radius 2 is 1.77 bits per heavy atom.